The van der Waals surface area contributed by atoms with E-state index in [1.54, 1.807) is 34.1 Å². The summed E-state index contributed by atoms with van der Waals surface area (Å²) in [7, 11) is 0. The van der Waals surface area contributed by atoms with Crippen molar-refractivity contribution >= 4 is 23.0 Å². The lowest BCUT2D eigenvalue weighted by atomic mass is 10.0. The molecule has 0 spiro atoms. The Morgan fingerprint density at radius 2 is 1.96 bits per heavy atom. The van der Waals surface area contributed by atoms with E-state index in [0.29, 0.717) is 5.52 Å². The van der Waals surface area contributed by atoms with Crippen LogP contribution in [0.3, 0.4) is 0 Å². The highest BCUT2D eigenvalue weighted by Crippen LogP contribution is 2.23. The molecule has 0 bridgehead atoms. The molecule has 0 unspecified atom stereocenters. The average Bonchev–Trinajstić information content (AvgIpc) is 2.87. The molecule has 0 saturated heterocycles. The van der Waals surface area contributed by atoms with E-state index < -0.39 is 30.0 Å². The van der Waals surface area contributed by atoms with Crippen molar-refractivity contribution < 1.29 is 22.8 Å². The number of fused-ring (bicyclic) bond motifs is 1. The number of alkyl halides is 3. The summed E-state index contributed by atoms with van der Waals surface area (Å²) in [5, 5.41) is 13.4. The second kappa shape index (κ2) is 6.84. The first-order valence-corrected chi connectivity index (χ1v) is 7.33. The highest BCUT2D eigenvalue weighted by Gasteiger charge is 2.41. The third kappa shape index (κ3) is 3.91. The topological polar surface area (TPSA) is 86.4 Å². The summed E-state index contributed by atoms with van der Waals surface area (Å²) in [5.74, 6) is -3.61. The van der Waals surface area contributed by atoms with E-state index >= 15 is 0 Å². The molecular weight excluding hydrogens is 337 g/mol. The Labute approximate surface area is 141 Å². The van der Waals surface area contributed by atoms with Crippen molar-refractivity contribution in [2.75, 3.05) is 5.32 Å². The van der Waals surface area contributed by atoms with Crippen LogP contribution in [-0.4, -0.2) is 28.4 Å². The number of carbonyl (C=O) groups is 2. The number of anilines is 1. The van der Waals surface area contributed by atoms with E-state index in [4.69, 9.17) is 0 Å². The number of nitrogens with one attached hydrogen (secondary N) is 2. The Kier molecular flexibility index (Phi) is 5.02. The molecule has 9 heteroatoms. The van der Waals surface area contributed by atoms with Gasteiger partial charge in [0.1, 0.15) is 17.7 Å². The van der Waals surface area contributed by atoms with Crippen molar-refractivity contribution in [1.29, 1.82) is 5.26 Å². The minimum absolute atomic E-state index is 0.158. The number of rotatable bonds is 4. The van der Waals surface area contributed by atoms with Crippen LogP contribution >= 0.6 is 0 Å². The highest BCUT2D eigenvalue weighted by molar-refractivity contribution is 6.00. The van der Waals surface area contributed by atoms with Gasteiger partial charge >= 0.3 is 12.1 Å². The maximum atomic E-state index is 12.4. The fourth-order valence-corrected chi connectivity index (χ4v) is 2.30. The molecule has 2 aromatic rings. The number of halogens is 3. The second-order valence-electron chi connectivity index (χ2n) is 5.70. The van der Waals surface area contributed by atoms with Crippen molar-refractivity contribution in [1.82, 2.24) is 9.72 Å². The minimum atomic E-state index is -5.09. The van der Waals surface area contributed by atoms with Crippen LogP contribution in [0.1, 0.15) is 19.4 Å². The molecule has 0 saturated carbocycles. The first kappa shape index (κ1) is 18.3. The van der Waals surface area contributed by atoms with Gasteiger partial charge in [-0.05, 0) is 18.1 Å². The summed E-state index contributed by atoms with van der Waals surface area (Å²) in [6, 6.07) is 5.65. The molecule has 0 aliphatic heterocycles. The van der Waals surface area contributed by atoms with Crippen molar-refractivity contribution in [3.8, 4) is 6.07 Å². The summed E-state index contributed by atoms with van der Waals surface area (Å²) in [6.45, 7) is 3.00. The molecule has 2 rings (SSSR count). The van der Waals surface area contributed by atoms with Crippen molar-refractivity contribution in [3.05, 3.63) is 36.2 Å². The largest absolute Gasteiger partial charge is 0.471 e. The number of amides is 2. The van der Waals surface area contributed by atoms with Crippen LogP contribution in [0.5, 0.6) is 0 Å². The molecule has 6 nitrogen and oxygen atoms in total. The van der Waals surface area contributed by atoms with Crippen LogP contribution in [0.15, 0.2) is 30.6 Å². The van der Waals surface area contributed by atoms with Gasteiger partial charge in [0.2, 0.25) is 5.91 Å². The van der Waals surface area contributed by atoms with Crippen LogP contribution in [0, 0.1) is 17.2 Å². The van der Waals surface area contributed by atoms with Crippen molar-refractivity contribution in [2.45, 2.75) is 26.1 Å². The first-order valence-electron chi connectivity index (χ1n) is 7.33. The van der Waals surface area contributed by atoms with Gasteiger partial charge in [0.05, 0.1) is 11.2 Å². The zero-order valence-corrected chi connectivity index (χ0v) is 13.4. The van der Waals surface area contributed by atoms with Crippen LogP contribution in [-0.2, 0) is 9.59 Å². The van der Waals surface area contributed by atoms with Crippen LogP contribution in [0.2, 0.25) is 0 Å². The zero-order chi connectivity index (χ0) is 18.8. The summed E-state index contributed by atoms with van der Waals surface area (Å²) in [5.41, 5.74) is 0.880. The molecule has 2 N–H and O–H groups in total. The summed E-state index contributed by atoms with van der Waals surface area (Å²) in [6.07, 6.45) is -1.94. The fourth-order valence-electron chi connectivity index (χ4n) is 2.30. The van der Waals surface area contributed by atoms with Crippen molar-refractivity contribution in [3.63, 3.8) is 0 Å². The Bertz CT molecular complexity index is 849. The Morgan fingerprint density at radius 3 is 2.52 bits per heavy atom. The highest BCUT2D eigenvalue weighted by atomic mass is 19.4. The van der Waals surface area contributed by atoms with Gasteiger partial charge in [-0.3, -0.25) is 9.59 Å². The summed E-state index contributed by atoms with van der Waals surface area (Å²) >= 11 is 0. The van der Waals surface area contributed by atoms with Gasteiger partial charge in [-0.15, -0.1) is 0 Å². The predicted molar refractivity (Wildman–Crippen MR) is 83.6 cm³/mol. The molecule has 132 valence electrons. The molecule has 1 atom stereocenters. The van der Waals surface area contributed by atoms with Gasteiger partial charge in [0.15, 0.2) is 0 Å². The normalized spacial score (nSPS) is 12.7. The lowest BCUT2D eigenvalue weighted by molar-refractivity contribution is -0.175. The molecular formula is C16H15F3N4O2. The van der Waals surface area contributed by atoms with Gasteiger partial charge < -0.3 is 15.0 Å². The number of carbonyl (C=O) groups excluding carboxylic acids is 2. The number of nitrogens with zero attached hydrogens (tertiary/aromatic N) is 2. The number of pyridine rings is 1. The summed E-state index contributed by atoms with van der Waals surface area (Å²) in [4.78, 5) is 23.5. The third-order valence-corrected chi connectivity index (χ3v) is 3.55. The zero-order valence-electron chi connectivity index (χ0n) is 13.4. The van der Waals surface area contributed by atoms with Crippen LogP contribution in [0.4, 0.5) is 18.9 Å². The van der Waals surface area contributed by atoms with Gasteiger partial charge in [-0.1, -0.05) is 19.9 Å². The van der Waals surface area contributed by atoms with E-state index in [9.17, 15) is 28.0 Å². The number of hydrogen-bond acceptors (Lipinski definition) is 3. The van der Waals surface area contributed by atoms with Crippen LogP contribution < -0.4 is 10.6 Å². The SMILES string of the molecule is CC(C)[C@H](NC(=O)C(F)(F)F)C(=O)Nc1cn2ccccc2c1C#N. The van der Waals surface area contributed by atoms with Gasteiger partial charge in [-0.2, -0.15) is 18.4 Å². The third-order valence-electron chi connectivity index (χ3n) is 3.55. The molecule has 0 aliphatic carbocycles. The Balaban J connectivity index is 2.27. The smallest absolute Gasteiger partial charge is 0.336 e. The molecule has 0 aromatic carbocycles. The van der Waals surface area contributed by atoms with Crippen LogP contribution in [0.25, 0.3) is 5.52 Å². The number of nitriles is 1. The number of aromatic nitrogens is 1. The average molecular weight is 352 g/mol. The van der Waals surface area contributed by atoms with E-state index in [1.165, 1.54) is 20.0 Å². The quantitative estimate of drug-likeness (QED) is 0.886. The minimum Gasteiger partial charge on any atom is -0.336 e. The lowest BCUT2D eigenvalue weighted by Crippen LogP contribution is -2.51. The predicted octanol–water partition coefficient (Wildman–Crippen LogP) is 2.45. The summed E-state index contributed by atoms with van der Waals surface area (Å²) < 4.78 is 38.9. The molecule has 0 fully saturated rings. The Morgan fingerprint density at radius 1 is 1.28 bits per heavy atom. The maximum absolute atomic E-state index is 12.4. The van der Waals surface area contributed by atoms with Gasteiger partial charge in [0, 0.05) is 12.4 Å². The molecule has 25 heavy (non-hydrogen) atoms. The molecule has 0 radical (unpaired) electrons. The Hall–Kier alpha value is -3.02. The van der Waals surface area contributed by atoms with E-state index in [0.717, 1.165) is 0 Å². The molecule has 2 heterocycles. The molecule has 2 amide bonds. The van der Waals surface area contributed by atoms with Gasteiger partial charge in [-0.25, -0.2) is 0 Å². The fraction of sp³-hybridized carbons (Fsp3) is 0.312. The second-order valence-corrected chi connectivity index (χ2v) is 5.70. The van der Waals surface area contributed by atoms with E-state index in [2.05, 4.69) is 5.32 Å². The lowest BCUT2D eigenvalue weighted by Gasteiger charge is -2.22. The van der Waals surface area contributed by atoms with E-state index in [-0.39, 0.29) is 11.3 Å². The molecule has 2 aromatic heterocycles. The van der Waals surface area contributed by atoms with Crippen molar-refractivity contribution in [2.24, 2.45) is 5.92 Å². The number of hydrogen-bond donors (Lipinski definition) is 2. The maximum Gasteiger partial charge on any atom is 0.471 e. The monoisotopic (exact) mass is 352 g/mol. The first-order chi connectivity index (χ1) is 11.6. The standard InChI is InChI=1S/C16H15F3N4O2/c1-9(2)13(22-15(25)16(17,18)19)14(24)21-11-8-23-6-4-3-5-12(23)10(11)7-20/h3-6,8-9,13H,1-2H3,(H,21,24)(H,22,25)/t13-/m0/s1. The van der Waals surface area contributed by atoms with Gasteiger partial charge in [0.25, 0.3) is 0 Å². The van der Waals surface area contributed by atoms with E-state index in [1.807, 2.05) is 6.07 Å². The molecule has 0 aliphatic rings.